The summed E-state index contributed by atoms with van der Waals surface area (Å²) >= 11 is 0. The topological polar surface area (TPSA) is 93.5 Å². The molecule has 36 heavy (non-hydrogen) atoms. The van der Waals surface area contributed by atoms with Crippen LogP contribution in [0, 0.1) is 0 Å². The number of aromatic nitrogens is 2. The first-order valence-electron chi connectivity index (χ1n) is 12.3. The summed E-state index contributed by atoms with van der Waals surface area (Å²) < 4.78 is 6.48. The van der Waals surface area contributed by atoms with Crippen molar-refractivity contribution in [3.8, 4) is 0 Å². The van der Waals surface area contributed by atoms with E-state index in [9.17, 15) is 14.4 Å². The zero-order valence-corrected chi connectivity index (χ0v) is 21.0. The fourth-order valence-corrected chi connectivity index (χ4v) is 4.42. The van der Waals surface area contributed by atoms with Crippen LogP contribution in [-0.2, 0) is 35.6 Å². The molecule has 188 valence electrons. The molecule has 0 unspecified atom stereocenters. The van der Waals surface area contributed by atoms with Crippen LogP contribution in [0.4, 0.5) is 5.69 Å². The first kappa shape index (κ1) is 25.3. The zero-order valence-electron chi connectivity index (χ0n) is 21.0. The molecule has 8 nitrogen and oxygen atoms in total. The van der Waals surface area contributed by atoms with E-state index in [1.807, 2.05) is 32.0 Å². The van der Waals surface area contributed by atoms with Crippen LogP contribution in [-0.4, -0.2) is 39.5 Å². The van der Waals surface area contributed by atoms with Crippen molar-refractivity contribution in [1.82, 2.24) is 14.5 Å². The maximum atomic E-state index is 13.4. The summed E-state index contributed by atoms with van der Waals surface area (Å²) in [5.74, 6) is -0.158. The van der Waals surface area contributed by atoms with Gasteiger partial charge in [0.2, 0.25) is 5.91 Å². The summed E-state index contributed by atoms with van der Waals surface area (Å²) in [6, 6.07) is 16.7. The normalized spacial score (nSPS) is 13.3. The minimum atomic E-state index is -0.411. The molecular weight excluding hydrogens is 456 g/mol. The van der Waals surface area contributed by atoms with Crippen molar-refractivity contribution in [2.75, 3.05) is 18.5 Å². The minimum Gasteiger partial charge on any atom is -0.462 e. The molecular formula is C28H32N4O4. The Bertz CT molecular complexity index is 1280. The molecule has 0 saturated carbocycles. The number of fused-ring (bicyclic) bond motifs is 1. The summed E-state index contributed by atoms with van der Waals surface area (Å²) in [5, 5.41) is 2.81. The Labute approximate surface area is 210 Å². The highest BCUT2D eigenvalue weighted by Gasteiger charge is 2.25. The molecule has 0 aliphatic carbocycles. The third-order valence-corrected chi connectivity index (χ3v) is 6.18. The summed E-state index contributed by atoms with van der Waals surface area (Å²) in [5.41, 5.74) is 3.52. The van der Waals surface area contributed by atoms with Gasteiger partial charge in [-0.25, -0.2) is 9.78 Å². The Hall–Kier alpha value is -3.78. The maximum absolute atomic E-state index is 13.4. The van der Waals surface area contributed by atoms with Gasteiger partial charge >= 0.3 is 5.97 Å². The molecule has 1 N–H and O–H groups in total. The summed E-state index contributed by atoms with van der Waals surface area (Å²) in [6.07, 6.45) is 0.601. The third kappa shape index (κ3) is 5.88. The number of carbonyl (C=O) groups is 2. The highest BCUT2D eigenvalue weighted by Crippen LogP contribution is 2.20. The number of anilines is 1. The molecule has 1 aliphatic rings. The average molecular weight is 489 g/mol. The predicted octanol–water partition coefficient (Wildman–Crippen LogP) is 3.74. The van der Waals surface area contributed by atoms with Crippen LogP contribution in [0.5, 0.6) is 0 Å². The highest BCUT2D eigenvalue weighted by molar-refractivity contribution is 5.93. The SMILES string of the molecule is CCOC(=O)c1ccc(NC(=O)Cn2c(C(C)C)nc3c(c2=O)CCN(Cc2ccccc2)C3)cc1. The second-order valence-electron chi connectivity index (χ2n) is 9.23. The molecule has 8 heteroatoms. The average Bonchev–Trinajstić information content (AvgIpc) is 2.86. The van der Waals surface area contributed by atoms with Gasteiger partial charge in [-0.1, -0.05) is 44.2 Å². The Morgan fingerprint density at radius 2 is 1.81 bits per heavy atom. The molecule has 1 aromatic heterocycles. The Morgan fingerprint density at radius 3 is 2.47 bits per heavy atom. The minimum absolute atomic E-state index is 0.0239. The first-order chi connectivity index (χ1) is 17.4. The number of hydrogen-bond acceptors (Lipinski definition) is 6. The molecule has 0 saturated heterocycles. The van der Waals surface area contributed by atoms with Gasteiger partial charge in [-0.05, 0) is 43.2 Å². The van der Waals surface area contributed by atoms with Gasteiger partial charge in [0.05, 0.1) is 17.9 Å². The quantitative estimate of drug-likeness (QED) is 0.486. The largest absolute Gasteiger partial charge is 0.462 e. The number of nitrogens with one attached hydrogen (secondary N) is 1. The van der Waals surface area contributed by atoms with Crippen LogP contribution >= 0.6 is 0 Å². The molecule has 2 aromatic carbocycles. The lowest BCUT2D eigenvalue weighted by Crippen LogP contribution is -2.40. The third-order valence-electron chi connectivity index (χ3n) is 6.18. The van der Waals surface area contributed by atoms with E-state index in [0.29, 0.717) is 42.2 Å². The first-order valence-corrected chi connectivity index (χ1v) is 12.3. The van der Waals surface area contributed by atoms with Crippen molar-refractivity contribution < 1.29 is 14.3 Å². The van der Waals surface area contributed by atoms with E-state index in [2.05, 4.69) is 22.3 Å². The number of esters is 1. The number of amides is 1. The van der Waals surface area contributed by atoms with Crippen molar-refractivity contribution >= 4 is 17.6 Å². The molecule has 3 aromatic rings. The molecule has 0 radical (unpaired) electrons. The second kappa shape index (κ2) is 11.3. The van der Waals surface area contributed by atoms with Gasteiger partial charge in [0, 0.05) is 36.8 Å². The van der Waals surface area contributed by atoms with E-state index >= 15 is 0 Å². The summed E-state index contributed by atoms with van der Waals surface area (Å²) in [7, 11) is 0. The standard InChI is InChI=1S/C28H32N4O4/c1-4-36-28(35)21-10-12-22(13-11-21)29-25(33)18-32-26(19(2)3)30-24-17-31(15-14-23(24)27(32)34)16-20-8-6-5-7-9-20/h5-13,19H,4,14-18H2,1-3H3,(H,29,33). The van der Waals surface area contributed by atoms with Crippen molar-refractivity contribution in [3.05, 3.63) is 93.2 Å². The number of carbonyl (C=O) groups excluding carboxylic acids is 2. The van der Waals surface area contributed by atoms with Crippen LogP contribution in [0.25, 0.3) is 0 Å². The monoisotopic (exact) mass is 488 g/mol. The molecule has 0 spiro atoms. The number of benzene rings is 2. The predicted molar refractivity (Wildman–Crippen MR) is 138 cm³/mol. The Kier molecular flexibility index (Phi) is 7.95. The van der Waals surface area contributed by atoms with E-state index in [4.69, 9.17) is 9.72 Å². The van der Waals surface area contributed by atoms with Gasteiger partial charge in [-0.15, -0.1) is 0 Å². The maximum Gasteiger partial charge on any atom is 0.338 e. The molecule has 2 heterocycles. The second-order valence-corrected chi connectivity index (χ2v) is 9.23. The van der Waals surface area contributed by atoms with Gasteiger partial charge in [-0.3, -0.25) is 19.1 Å². The van der Waals surface area contributed by atoms with Crippen LogP contribution in [0.2, 0.25) is 0 Å². The van der Waals surface area contributed by atoms with E-state index in [1.54, 1.807) is 31.2 Å². The summed E-state index contributed by atoms with van der Waals surface area (Å²) in [6.45, 7) is 8.04. The van der Waals surface area contributed by atoms with Crippen LogP contribution in [0.1, 0.15) is 59.7 Å². The van der Waals surface area contributed by atoms with Gasteiger partial charge in [0.1, 0.15) is 12.4 Å². The molecule has 4 rings (SSSR count). The Balaban J connectivity index is 1.50. The van der Waals surface area contributed by atoms with Gasteiger partial charge in [0.15, 0.2) is 0 Å². The molecule has 1 aliphatic heterocycles. The van der Waals surface area contributed by atoms with Crippen LogP contribution in [0.15, 0.2) is 59.4 Å². The van der Waals surface area contributed by atoms with E-state index < -0.39 is 5.97 Å². The van der Waals surface area contributed by atoms with Crippen molar-refractivity contribution in [1.29, 1.82) is 0 Å². The highest BCUT2D eigenvalue weighted by atomic mass is 16.5. The molecule has 0 bridgehead atoms. The fourth-order valence-electron chi connectivity index (χ4n) is 4.42. The number of hydrogen-bond donors (Lipinski definition) is 1. The van der Waals surface area contributed by atoms with E-state index in [1.165, 1.54) is 10.1 Å². The lowest BCUT2D eigenvalue weighted by Gasteiger charge is -2.29. The van der Waals surface area contributed by atoms with Gasteiger partial charge in [0.25, 0.3) is 5.56 Å². The van der Waals surface area contributed by atoms with Crippen LogP contribution in [0.3, 0.4) is 0 Å². The molecule has 1 amide bonds. The van der Waals surface area contributed by atoms with Crippen molar-refractivity contribution in [2.24, 2.45) is 0 Å². The van der Waals surface area contributed by atoms with Crippen LogP contribution < -0.4 is 10.9 Å². The van der Waals surface area contributed by atoms with Crippen molar-refractivity contribution in [3.63, 3.8) is 0 Å². The number of nitrogens with zero attached hydrogens (tertiary/aromatic N) is 3. The number of rotatable bonds is 8. The lowest BCUT2D eigenvalue weighted by molar-refractivity contribution is -0.116. The van der Waals surface area contributed by atoms with E-state index in [0.717, 1.165) is 18.8 Å². The summed E-state index contributed by atoms with van der Waals surface area (Å²) in [4.78, 5) is 45.3. The molecule has 0 atom stereocenters. The van der Waals surface area contributed by atoms with E-state index in [-0.39, 0.29) is 23.9 Å². The Morgan fingerprint density at radius 1 is 1.08 bits per heavy atom. The zero-order chi connectivity index (χ0) is 25.7. The smallest absolute Gasteiger partial charge is 0.338 e. The van der Waals surface area contributed by atoms with Gasteiger partial charge in [-0.2, -0.15) is 0 Å². The van der Waals surface area contributed by atoms with Crippen molar-refractivity contribution in [2.45, 2.75) is 52.7 Å². The van der Waals surface area contributed by atoms with Gasteiger partial charge < -0.3 is 10.1 Å². The number of ether oxygens (including phenoxy) is 1. The lowest BCUT2D eigenvalue weighted by atomic mass is 10.0. The molecule has 0 fully saturated rings. The fraction of sp³-hybridized carbons (Fsp3) is 0.357.